The highest BCUT2D eigenvalue weighted by atomic mass is 16.3. The summed E-state index contributed by atoms with van der Waals surface area (Å²) in [6, 6.07) is 0. The van der Waals surface area contributed by atoms with Crippen LogP contribution in [0.5, 0.6) is 0 Å². The van der Waals surface area contributed by atoms with E-state index in [2.05, 4.69) is 14.9 Å². The highest BCUT2D eigenvalue weighted by Gasteiger charge is 2.17. The Balaban J connectivity index is 1.89. The highest BCUT2D eigenvalue weighted by molar-refractivity contribution is 5.00. The molecule has 0 saturated carbocycles. The van der Waals surface area contributed by atoms with E-state index in [-0.39, 0.29) is 6.10 Å². The lowest BCUT2D eigenvalue weighted by molar-refractivity contribution is 0.0786. The average Bonchev–Trinajstić information content (AvgIpc) is 2.25. The predicted octanol–water partition coefficient (Wildman–Crippen LogP) is 0.742. The molecule has 4 heteroatoms. The fourth-order valence-corrected chi connectivity index (χ4v) is 1.81. The summed E-state index contributed by atoms with van der Waals surface area (Å²) >= 11 is 0. The van der Waals surface area contributed by atoms with E-state index in [9.17, 15) is 5.11 Å². The molecule has 0 amide bonds. The summed E-state index contributed by atoms with van der Waals surface area (Å²) in [5.74, 6) is 0. The first-order valence-electron chi connectivity index (χ1n) is 5.42. The smallest absolute Gasteiger partial charge is 0.0727 e. The summed E-state index contributed by atoms with van der Waals surface area (Å²) in [5.41, 5.74) is 1.96. The van der Waals surface area contributed by atoms with Crippen LogP contribution in [-0.4, -0.2) is 39.2 Å². The van der Waals surface area contributed by atoms with E-state index in [1.54, 1.807) is 6.20 Å². The van der Waals surface area contributed by atoms with Gasteiger partial charge in [0, 0.05) is 32.0 Å². The molecule has 1 aliphatic heterocycles. The molecule has 0 unspecified atom stereocenters. The molecule has 2 heterocycles. The number of piperidine rings is 1. The van der Waals surface area contributed by atoms with Crippen LogP contribution in [-0.2, 0) is 6.54 Å². The minimum atomic E-state index is -0.106. The molecule has 1 aromatic rings. The Morgan fingerprint density at radius 3 is 2.67 bits per heavy atom. The van der Waals surface area contributed by atoms with Crippen molar-refractivity contribution in [3.05, 3.63) is 23.8 Å². The van der Waals surface area contributed by atoms with Crippen LogP contribution in [0.4, 0.5) is 0 Å². The maximum atomic E-state index is 9.37. The third kappa shape index (κ3) is 2.97. The minimum Gasteiger partial charge on any atom is -0.393 e. The molecule has 0 atom stereocenters. The number of nitrogens with zero attached hydrogens (tertiary/aromatic N) is 3. The van der Waals surface area contributed by atoms with Crippen LogP contribution in [0.1, 0.15) is 24.2 Å². The number of hydrogen-bond donors (Lipinski definition) is 1. The van der Waals surface area contributed by atoms with Gasteiger partial charge >= 0.3 is 0 Å². The summed E-state index contributed by atoms with van der Waals surface area (Å²) in [6.07, 6.45) is 5.28. The Bertz CT molecular complexity index is 304. The molecular weight excluding hydrogens is 190 g/mol. The molecule has 1 fully saturated rings. The first-order chi connectivity index (χ1) is 7.24. The molecule has 1 saturated heterocycles. The lowest BCUT2D eigenvalue weighted by atomic mass is 10.1. The van der Waals surface area contributed by atoms with E-state index in [0.29, 0.717) is 0 Å². The molecule has 1 aromatic heterocycles. The third-order valence-corrected chi connectivity index (χ3v) is 2.78. The second kappa shape index (κ2) is 4.68. The van der Waals surface area contributed by atoms with Gasteiger partial charge in [-0.05, 0) is 19.8 Å². The van der Waals surface area contributed by atoms with Crippen molar-refractivity contribution in [2.24, 2.45) is 0 Å². The number of aromatic nitrogens is 2. The van der Waals surface area contributed by atoms with Gasteiger partial charge in [-0.2, -0.15) is 0 Å². The van der Waals surface area contributed by atoms with Gasteiger partial charge in [0.2, 0.25) is 0 Å². The van der Waals surface area contributed by atoms with Crippen molar-refractivity contribution in [2.75, 3.05) is 13.1 Å². The van der Waals surface area contributed by atoms with E-state index in [4.69, 9.17) is 0 Å². The number of rotatable bonds is 2. The van der Waals surface area contributed by atoms with Gasteiger partial charge in [0.05, 0.1) is 17.5 Å². The maximum absolute atomic E-state index is 9.37. The van der Waals surface area contributed by atoms with Gasteiger partial charge in [-0.15, -0.1) is 0 Å². The van der Waals surface area contributed by atoms with Gasteiger partial charge < -0.3 is 5.11 Å². The van der Waals surface area contributed by atoms with Crippen LogP contribution in [0.3, 0.4) is 0 Å². The zero-order valence-electron chi connectivity index (χ0n) is 9.06. The summed E-state index contributed by atoms with van der Waals surface area (Å²) in [7, 11) is 0. The average molecular weight is 207 g/mol. The molecule has 1 N–H and O–H groups in total. The Kier molecular flexibility index (Phi) is 3.28. The van der Waals surface area contributed by atoms with Gasteiger partial charge in [-0.3, -0.25) is 14.9 Å². The van der Waals surface area contributed by atoms with Crippen LogP contribution >= 0.6 is 0 Å². The monoisotopic (exact) mass is 207 g/mol. The molecule has 0 bridgehead atoms. The van der Waals surface area contributed by atoms with Crippen molar-refractivity contribution in [3.8, 4) is 0 Å². The van der Waals surface area contributed by atoms with Gasteiger partial charge in [0.25, 0.3) is 0 Å². The fourth-order valence-electron chi connectivity index (χ4n) is 1.81. The second-order valence-electron chi connectivity index (χ2n) is 4.16. The minimum absolute atomic E-state index is 0.106. The first-order valence-corrected chi connectivity index (χ1v) is 5.42. The number of aryl methyl sites for hydroxylation is 1. The van der Waals surface area contributed by atoms with Crippen molar-refractivity contribution in [1.82, 2.24) is 14.9 Å². The van der Waals surface area contributed by atoms with Crippen LogP contribution in [0.25, 0.3) is 0 Å². The van der Waals surface area contributed by atoms with Gasteiger partial charge in [0.15, 0.2) is 0 Å². The number of aliphatic hydroxyl groups excluding tert-OH is 1. The Labute approximate surface area is 90.0 Å². The molecule has 82 valence electrons. The predicted molar refractivity (Wildman–Crippen MR) is 57.3 cm³/mol. The zero-order valence-corrected chi connectivity index (χ0v) is 9.06. The van der Waals surface area contributed by atoms with E-state index in [1.165, 1.54) is 0 Å². The topological polar surface area (TPSA) is 49.2 Å². The summed E-state index contributed by atoms with van der Waals surface area (Å²) in [5, 5.41) is 9.37. The summed E-state index contributed by atoms with van der Waals surface area (Å²) < 4.78 is 0. The molecule has 0 aromatic carbocycles. The van der Waals surface area contributed by atoms with Crippen LogP contribution in [0.2, 0.25) is 0 Å². The lowest BCUT2D eigenvalue weighted by Crippen LogP contribution is -2.35. The first kappa shape index (κ1) is 10.5. The third-order valence-electron chi connectivity index (χ3n) is 2.78. The van der Waals surface area contributed by atoms with Crippen LogP contribution in [0.15, 0.2) is 12.4 Å². The highest BCUT2D eigenvalue weighted by Crippen LogP contribution is 2.12. The zero-order chi connectivity index (χ0) is 10.7. The van der Waals surface area contributed by atoms with Gasteiger partial charge in [-0.1, -0.05) is 0 Å². The molecule has 2 rings (SSSR count). The van der Waals surface area contributed by atoms with Gasteiger partial charge in [-0.25, -0.2) is 0 Å². The summed E-state index contributed by atoms with van der Waals surface area (Å²) in [6.45, 7) is 4.70. The SMILES string of the molecule is Cc1cnc(CN2CCC(O)CC2)cn1. The number of hydrogen-bond acceptors (Lipinski definition) is 4. The van der Waals surface area contributed by atoms with Crippen molar-refractivity contribution >= 4 is 0 Å². The Morgan fingerprint density at radius 2 is 2.07 bits per heavy atom. The maximum Gasteiger partial charge on any atom is 0.0727 e. The normalized spacial score (nSPS) is 19.3. The molecule has 0 spiro atoms. The molecule has 15 heavy (non-hydrogen) atoms. The summed E-state index contributed by atoms with van der Waals surface area (Å²) in [4.78, 5) is 10.9. The van der Waals surface area contributed by atoms with Crippen molar-refractivity contribution in [1.29, 1.82) is 0 Å². The van der Waals surface area contributed by atoms with Gasteiger partial charge in [0.1, 0.15) is 0 Å². The van der Waals surface area contributed by atoms with Crippen LogP contribution < -0.4 is 0 Å². The van der Waals surface area contributed by atoms with E-state index >= 15 is 0 Å². The fraction of sp³-hybridized carbons (Fsp3) is 0.636. The van der Waals surface area contributed by atoms with E-state index in [1.807, 2.05) is 13.1 Å². The van der Waals surface area contributed by atoms with Crippen molar-refractivity contribution in [3.63, 3.8) is 0 Å². The molecule has 1 aliphatic rings. The second-order valence-corrected chi connectivity index (χ2v) is 4.16. The van der Waals surface area contributed by atoms with Crippen molar-refractivity contribution in [2.45, 2.75) is 32.4 Å². The molecule has 4 nitrogen and oxygen atoms in total. The quantitative estimate of drug-likeness (QED) is 0.777. The number of likely N-dealkylation sites (tertiary alicyclic amines) is 1. The van der Waals surface area contributed by atoms with Crippen molar-refractivity contribution < 1.29 is 5.11 Å². The Hall–Kier alpha value is -1.00. The molecular formula is C11H17N3O. The largest absolute Gasteiger partial charge is 0.393 e. The van der Waals surface area contributed by atoms with E-state index < -0.39 is 0 Å². The van der Waals surface area contributed by atoms with Crippen LogP contribution in [0, 0.1) is 6.92 Å². The molecule has 0 radical (unpaired) electrons. The Morgan fingerprint density at radius 1 is 1.33 bits per heavy atom. The van der Waals surface area contributed by atoms with E-state index in [0.717, 1.165) is 43.9 Å². The standard InChI is InChI=1S/C11H17N3O/c1-9-6-13-10(7-12-9)8-14-4-2-11(15)3-5-14/h6-7,11,15H,2-5,8H2,1H3. The number of aliphatic hydroxyl groups is 1. The lowest BCUT2D eigenvalue weighted by Gasteiger charge is -2.28. The molecule has 0 aliphatic carbocycles.